The number of aromatic nitrogens is 1. The average molecular weight is 412 g/mol. The lowest BCUT2D eigenvalue weighted by Crippen LogP contribution is -2.41. The Morgan fingerprint density at radius 2 is 1.83 bits per heavy atom. The predicted molar refractivity (Wildman–Crippen MR) is 95.9 cm³/mol. The van der Waals surface area contributed by atoms with E-state index in [2.05, 4.69) is 10.3 Å². The van der Waals surface area contributed by atoms with Gasteiger partial charge in [-0.05, 0) is 43.9 Å². The molecule has 1 aromatic carbocycles. The molecular weight excluding hydrogens is 392 g/mol. The average Bonchev–Trinajstić information content (AvgIpc) is 2.69. The molecule has 0 saturated heterocycles. The molecular formula is C20H20F4N2O3. The summed E-state index contributed by atoms with van der Waals surface area (Å²) in [6.07, 6.45) is -1.31. The molecule has 1 heterocycles. The predicted octanol–water partition coefficient (Wildman–Crippen LogP) is 4.12. The van der Waals surface area contributed by atoms with Gasteiger partial charge in [0.25, 0.3) is 5.91 Å². The summed E-state index contributed by atoms with van der Waals surface area (Å²) < 4.78 is 61.9. The van der Waals surface area contributed by atoms with Crippen molar-refractivity contribution in [3.05, 3.63) is 54.0 Å². The Balaban J connectivity index is 1.40. The fourth-order valence-electron chi connectivity index (χ4n) is 3.09. The van der Waals surface area contributed by atoms with E-state index < -0.39 is 17.6 Å². The number of hydrogen-bond acceptors (Lipinski definition) is 4. The first kappa shape index (κ1) is 20.9. The van der Waals surface area contributed by atoms with E-state index in [1.807, 2.05) is 0 Å². The minimum Gasteiger partial charge on any atom is -0.481 e. The molecule has 0 bridgehead atoms. The molecule has 0 atom stereocenters. The molecule has 0 unspecified atom stereocenters. The van der Waals surface area contributed by atoms with Crippen LogP contribution >= 0.6 is 0 Å². The molecule has 1 amide bonds. The maximum atomic E-state index is 13.5. The Morgan fingerprint density at radius 1 is 1.10 bits per heavy atom. The van der Waals surface area contributed by atoms with Crippen molar-refractivity contribution in [3.8, 4) is 11.6 Å². The molecule has 2 aromatic rings. The quantitative estimate of drug-likeness (QED) is 0.725. The van der Waals surface area contributed by atoms with Crippen LogP contribution in [0.5, 0.6) is 11.6 Å². The van der Waals surface area contributed by atoms with Gasteiger partial charge in [-0.3, -0.25) is 4.79 Å². The minimum atomic E-state index is -4.43. The molecule has 156 valence electrons. The van der Waals surface area contributed by atoms with Crippen LogP contribution in [-0.4, -0.2) is 29.6 Å². The van der Waals surface area contributed by atoms with Crippen LogP contribution in [0.15, 0.2) is 42.6 Å². The second kappa shape index (κ2) is 9.11. The molecule has 1 fully saturated rings. The van der Waals surface area contributed by atoms with E-state index in [4.69, 9.17) is 9.47 Å². The number of alkyl halides is 3. The highest BCUT2D eigenvalue weighted by molar-refractivity contribution is 5.77. The number of benzene rings is 1. The normalized spacial score (nSPS) is 19.4. The fourth-order valence-corrected chi connectivity index (χ4v) is 3.09. The molecule has 0 spiro atoms. The Morgan fingerprint density at radius 3 is 2.45 bits per heavy atom. The highest BCUT2D eigenvalue weighted by Crippen LogP contribution is 2.30. The van der Waals surface area contributed by atoms with Crippen molar-refractivity contribution in [3.63, 3.8) is 0 Å². The van der Waals surface area contributed by atoms with Gasteiger partial charge in [0.15, 0.2) is 18.2 Å². The van der Waals surface area contributed by atoms with Crippen LogP contribution < -0.4 is 14.8 Å². The summed E-state index contributed by atoms with van der Waals surface area (Å²) in [5.41, 5.74) is -0.825. The summed E-state index contributed by atoms with van der Waals surface area (Å²) in [6.45, 7) is -0.285. The van der Waals surface area contributed by atoms with E-state index in [1.54, 1.807) is 6.07 Å². The van der Waals surface area contributed by atoms with Crippen LogP contribution in [0.3, 0.4) is 0 Å². The van der Waals surface area contributed by atoms with Gasteiger partial charge in [0.2, 0.25) is 5.88 Å². The third-order valence-corrected chi connectivity index (χ3v) is 4.59. The van der Waals surface area contributed by atoms with Crippen molar-refractivity contribution < 1.29 is 31.8 Å². The van der Waals surface area contributed by atoms with Crippen LogP contribution in [0.1, 0.15) is 31.2 Å². The van der Waals surface area contributed by atoms with Crippen molar-refractivity contribution in [1.29, 1.82) is 0 Å². The summed E-state index contributed by atoms with van der Waals surface area (Å²) >= 11 is 0. The SMILES string of the molecule is O=C(COc1ccccc1F)NC1CCC(Oc2ccc(C(F)(F)F)cn2)CC1. The summed E-state index contributed by atoms with van der Waals surface area (Å²) in [6, 6.07) is 7.92. The van der Waals surface area contributed by atoms with Crippen LogP contribution in [-0.2, 0) is 11.0 Å². The third-order valence-electron chi connectivity index (χ3n) is 4.59. The number of nitrogens with zero attached hydrogens (tertiary/aromatic N) is 1. The number of carbonyl (C=O) groups excluding carboxylic acids is 1. The van der Waals surface area contributed by atoms with Crippen molar-refractivity contribution in [2.75, 3.05) is 6.61 Å². The van der Waals surface area contributed by atoms with Crippen LogP contribution in [0.25, 0.3) is 0 Å². The molecule has 3 rings (SSSR count). The number of ether oxygens (including phenoxy) is 2. The van der Waals surface area contributed by atoms with Gasteiger partial charge >= 0.3 is 6.18 Å². The molecule has 1 saturated carbocycles. The number of amides is 1. The third kappa shape index (κ3) is 6.07. The Labute approximate surface area is 165 Å². The summed E-state index contributed by atoms with van der Waals surface area (Å²) in [5, 5.41) is 2.83. The highest BCUT2D eigenvalue weighted by Gasteiger charge is 2.31. The molecule has 1 aliphatic rings. The van der Waals surface area contributed by atoms with E-state index in [0.717, 1.165) is 12.3 Å². The zero-order valence-electron chi connectivity index (χ0n) is 15.4. The second-order valence-electron chi connectivity index (χ2n) is 6.76. The molecule has 0 aliphatic heterocycles. The van der Waals surface area contributed by atoms with Crippen molar-refractivity contribution >= 4 is 5.91 Å². The number of para-hydroxylation sites is 1. The maximum absolute atomic E-state index is 13.5. The molecule has 1 aliphatic carbocycles. The minimum absolute atomic E-state index is 0.0174. The van der Waals surface area contributed by atoms with Gasteiger partial charge in [0.05, 0.1) is 5.56 Å². The first-order chi connectivity index (χ1) is 13.8. The highest BCUT2D eigenvalue weighted by atomic mass is 19.4. The van der Waals surface area contributed by atoms with Gasteiger partial charge in [-0.2, -0.15) is 13.2 Å². The molecule has 5 nitrogen and oxygen atoms in total. The molecule has 1 N–H and O–H groups in total. The number of rotatable bonds is 6. The first-order valence-electron chi connectivity index (χ1n) is 9.18. The molecule has 29 heavy (non-hydrogen) atoms. The lowest BCUT2D eigenvalue weighted by Gasteiger charge is -2.29. The number of nitrogens with one attached hydrogen (secondary N) is 1. The van der Waals surface area contributed by atoms with Crippen LogP contribution in [0.2, 0.25) is 0 Å². The van der Waals surface area contributed by atoms with Gasteiger partial charge in [-0.1, -0.05) is 12.1 Å². The molecule has 0 radical (unpaired) electrons. The van der Waals surface area contributed by atoms with E-state index >= 15 is 0 Å². The Kier molecular flexibility index (Phi) is 6.56. The largest absolute Gasteiger partial charge is 0.481 e. The van der Waals surface area contributed by atoms with Crippen molar-refractivity contribution in [2.45, 2.75) is 44.0 Å². The summed E-state index contributed by atoms with van der Waals surface area (Å²) in [7, 11) is 0. The smallest absolute Gasteiger partial charge is 0.417 e. The van der Waals surface area contributed by atoms with Gasteiger partial charge in [-0.15, -0.1) is 0 Å². The lowest BCUT2D eigenvalue weighted by molar-refractivity contribution is -0.137. The monoisotopic (exact) mass is 412 g/mol. The standard InChI is InChI=1S/C20H20F4N2O3/c21-16-3-1-2-4-17(16)28-12-18(27)26-14-6-8-15(9-7-14)29-19-10-5-13(11-25-19)20(22,23)24/h1-5,10-11,14-15H,6-9,12H2,(H,26,27). The number of halogens is 4. The van der Waals surface area contributed by atoms with Crippen molar-refractivity contribution in [2.24, 2.45) is 0 Å². The van der Waals surface area contributed by atoms with E-state index in [0.29, 0.717) is 25.7 Å². The van der Waals surface area contributed by atoms with Crippen LogP contribution in [0, 0.1) is 5.82 Å². The van der Waals surface area contributed by atoms with E-state index in [1.165, 1.54) is 24.3 Å². The first-order valence-corrected chi connectivity index (χ1v) is 9.18. The molecule has 1 aromatic heterocycles. The number of pyridine rings is 1. The van der Waals surface area contributed by atoms with Gasteiger partial charge < -0.3 is 14.8 Å². The zero-order chi connectivity index (χ0) is 20.9. The number of hydrogen-bond donors (Lipinski definition) is 1. The zero-order valence-corrected chi connectivity index (χ0v) is 15.4. The topological polar surface area (TPSA) is 60.5 Å². The summed E-state index contributed by atoms with van der Waals surface area (Å²) in [4.78, 5) is 15.7. The maximum Gasteiger partial charge on any atom is 0.417 e. The van der Waals surface area contributed by atoms with E-state index in [9.17, 15) is 22.4 Å². The fraction of sp³-hybridized carbons (Fsp3) is 0.400. The lowest BCUT2D eigenvalue weighted by atomic mass is 9.93. The Hall–Kier alpha value is -2.84. The van der Waals surface area contributed by atoms with Gasteiger partial charge in [-0.25, -0.2) is 9.37 Å². The summed E-state index contributed by atoms with van der Waals surface area (Å²) in [5.74, 6) is -0.718. The number of carbonyl (C=O) groups is 1. The van der Waals surface area contributed by atoms with Crippen LogP contribution in [0.4, 0.5) is 17.6 Å². The van der Waals surface area contributed by atoms with Gasteiger partial charge in [0, 0.05) is 18.3 Å². The van der Waals surface area contributed by atoms with Gasteiger partial charge in [0.1, 0.15) is 6.10 Å². The van der Waals surface area contributed by atoms with E-state index in [-0.39, 0.29) is 36.3 Å². The van der Waals surface area contributed by atoms with Crippen molar-refractivity contribution in [1.82, 2.24) is 10.3 Å². The molecule has 9 heteroatoms. The Bertz CT molecular complexity index is 819. The second-order valence-corrected chi connectivity index (χ2v) is 6.76.